The summed E-state index contributed by atoms with van der Waals surface area (Å²) < 4.78 is 9.59. The molecule has 5 heteroatoms. The Hall–Kier alpha value is -2.50. The Balaban J connectivity index is 1.69. The van der Waals surface area contributed by atoms with Crippen LogP contribution < -0.4 is 4.31 Å². The summed E-state index contributed by atoms with van der Waals surface area (Å²) in [6, 6.07) is 24.0. The van der Waals surface area contributed by atoms with E-state index in [-0.39, 0.29) is 5.91 Å². The number of nitrogens with zero attached hydrogens (tertiary/aromatic N) is 2. The second kappa shape index (κ2) is 8.67. The molecule has 0 bridgehead atoms. The third-order valence-electron chi connectivity index (χ3n) is 5.17. The molecule has 2 heterocycles. The smallest absolute Gasteiger partial charge is 0.245 e. The van der Waals surface area contributed by atoms with Gasteiger partial charge in [-0.2, -0.15) is 0 Å². The van der Waals surface area contributed by atoms with E-state index >= 15 is 0 Å². The number of amides is 1. The van der Waals surface area contributed by atoms with Gasteiger partial charge in [0.25, 0.3) is 0 Å². The van der Waals surface area contributed by atoms with Crippen LogP contribution in [0.4, 0.5) is 5.69 Å². The van der Waals surface area contributed by atoms with Crippen molar-refractivity contribution in [3.05, 3.63) is 85.2 Å². The van der Waals surface area contributed by atoms with E-state index in [1.165, 1.54) is 11.9 Å². The van der Waals surface area contributed by atoms with Crippen molar-refractivity contribution in [2.45, 2.75) is 24.3 Å². The Morgan fingerprint density at radius 2 is 1.54 bits per heavy atom. The van der Waals surface area contributed by atoms with Crippen molar-refractivity contribution in [2.75, 3.05) is 17.5 Å². The van der Waals surface area contributed by atoms with E-state index in [1.807, 2.05) is 89.5 Å². The number of carbonyl (C=O) groups excluding carboxylic acids is 1. The third kappa shape index (κ3) is 4.16. The number of hydrogen-bond acceptors (Lipinski definition) is 3. The van der Waals surface area contributed by atoms with Gasteiger partial charge in [-0.1, -0.05) is 36.4 Å². The molecule has 1 fully saturated rings. The van der Waals surface area contributed by atoms with Gasteiger partial charge in [0.2, 0.25) is 5.91 Å². The SMILES string of the molecule is O=C(N(Sc1ccccc1)c1ccccc1)C1(Cn2cccc2)CCOCC1. The van der Waals surface area contributed by atoms with Crippen molar-refractivity contribution >= 4 is 23.5 Å². The van der Waals surface area contributed by atoms with Gasteiger partial charge in [0.15, 0.2) is 0 Å². The summed E-state index contributed by atoms with van der Waals surface area (Å²) in [4.78, 5) is 15.0. The van der Waals surface area contributed by atoms with Crippen molar-refractivity contribution in [3.8, 4) is 0 Å². The number of benzene rings is 2. The van der Waals surface area contributed by atoms with Gasteiger partial charge < -0.3 is 9.30 Å². The van der Waals surface area contributed by atoms with Crippen LogP contribution in [-0.4, -0.2) is 23.7 Å². The molecule has 0 radical (unpaired) electrons. The number of ether oxygens (including phenoxy) is 1. The first-order valence-corrected chi connectivity index (χ1v) is 10.4. The number of hydrogen-bond donors (Lipinski definition) is 0. The van der Waals surface area contributed by atoms with Crippen LogP contribution in [0.5, 0.6) is 0 Å². The second-order valence-corrected chi connectivity index (χ2v) is 8.11. The van der Waals surface area contributed by atoms with E-state index in [1.54, 1.807) is 0 Å². The van der Waals surface area contributed by atoms with Crippen molar-refractivity contribution in [1.29, 1.82) is 0 Å². The van der Waals surface area contributed by atoms with E-state index in [0.717, 1.165) is 23.4 Å². The highest BCUT2D eigenvalue weighted by Gasteiger charge is 2.43. The minimum absolute atomic E-state index is 0.143. The van der Waals surface area contributed by atoms with Gasteiger partial charge in [-0.3, -0.25) is 4.79 Å². The molecule has 0 N–H and O–H groups in total. The monoisotopic (exact) mass is 392 g/mol. The maximum absolute atomic E-state index is 14.0. The Bertz CT molecular complexity index is 875. The Labute approximate surface area is 170 Å². The average Bonchev–Trinajstić information content (AvgIpc) is 3.26. The molecule has 28 heavy (non-hydrogen) atoms. The zero-order valence-electron chi connectivity index (χ0n) is 15.7. The fourth-order valence-electron chi connectivity index (χ4n) is 3.60. The Morgan fingerprint density at radius 3 is 2.18 bits per heavy atom. The normalized spacial score (nSPS) is 15.9. The fourth-order valence-corrected chi connectivity index (χ4v) is 4.60. The molecule has 1 amide bonds. The van der Waals surface area contributed by atoms with E-state index in [4.69, 9.17) is 4.74 Å². The van der Waals surface area contributed by atoms with E-state index in [0.29, 0.717) is 19.8 Å². The highest BCUT2D eigenvalue weighted by molar-refractivity contribution is 8.01. The molecule has 1 aliphatic heterocycles. The first kappa shape index (κ1) is 18.8. The number of para-hydroxylation sites is 1. The molecular formula is C23H24N2O2S. The lowest BCUT2D eigenvalue weighted by atomic mass is 9.79. The summed E-state index contributed by atoms with van der Waals surface area (Å²) in [6.45, 7) is 1.90. The molecule has 144 valence electrons. The fraction of sp³-hybridized carbons (Fsp3) is 0.261. The zero-order valence-corrected chi connectivity index (χ0v) is 16.6. The van der Waals surface area contributed by atoms with Crippen molar-refractivity contribution in [3.63, 3.8) is 0 Å². The standard InChI is InChI=1S/C23H24N2O2S/c26-22(23(13-17-27-18-14-23)19-24-15-7-8-16-24)25(20-9-3-1-4-10-20)28-21-11-5-2-6-12-21/h1-12,15-16H,13-14,17-19H2. The number of rotatable bonds is 6. The van der Waals surface area contributed by atoms with Crippen LogP contribution in [-0.2, 0) is 16.1 Å². The lowest BCUT2D eigenvalue weighted by molar-refractivity contribution is -0.133. The average molecular weight is 393 g/mol. The minimum Gasteiger partial charge on any atom is -0.381 e. The van der Waals surface area contributed by atoms with Crippen LogP contribution >= 0.6 is 11.9 Å². The van der Waals surface area contributed by atoms with Gasteiger partial charge in [-0.15, -0.1) is 0 Å². The first-order chi connectivity index (χ1) is 13.8. The molecule has 0 aliphatic carbocycles. The largest absolute Gasteiger partial charge is 0.381 e. The lowest BCUT2D eigenvalue weighted by Crippen LogP contribution is -2.47. The van der Waals surface area contributed by atoms with Crippen LogP contribution in [0.1, 0.15) is 12.8 Å². The summed E-state index contributed by atoms with van der Waals surface area (Å²) in [5.74, 6) is 0.143. The Kier molecular flexibility index (Phi) is 5.84. The van der Waals surface area contributed by atoms with Crippen LogP contribution in [0.2, 0.25) is 0 Å². The highest BCUT2D eigenvalue weighted by atomic mass is 32.2. The number of anilines is 1. The van der Waals surface area contributed by atoms with Crippen LogP contribution in [0.25, 0.3) is 0 Å². The molecule has 4 rings (SSSR count). The predicted octanol–water partition coefficient (Wildman–Crippen LogP) is 5.03. The van der Waals surface area contributed by atoms with Gasteiger partial charge in [-0.25, -0.2) is 4.31 Å². The molecule has 0 spiro atoms. The maximum Gasteiger partial charge on any atom is 0.245 e. The quantitative estimate of drug-likeness (QED) is 0.552. The van der Waals surface area contributed by atoms with E-state index < -0.39 is 5.41 Å². The van der Waals surface area contributed by atoms with Crippen LogP contribution in [0.15, 0.2) is 90.1 Å². The Morgan fingerprint density at radius 1 is 0.929 bits per heavy atom. The molecule has 0 atom stereocenters. The lowest BCUT2D eigenvalue weighted by Gasteiger charge is -2.39. The molecule has 3 aromatic rings. The van der Waals surface area contributed by atoms with Gasteiger partial charge >= 0.3 is 0 Å². The molecular weight excluding hydrogens is 368 g/mol. The molecule has 0 saturated carbocycles. The highest BCUT2D eigenvalue weighted by Crippen LogP contribution is 2.40. The maximum atomic E-state index is 14.0. The number of aromatic nitrogens is 1. The van der Waals surface area contributed by atoms with Crippen molar-refractivity contribution in [1.82, 2.24) is 4.57 Å². The molecule has 0 unspecified atom stereocenters. The summed E-state index contributed by atoms with van der Waals surface area (Å²) in [7, 11) is 0. The summed E-state index contributed by atoms with van der Waals surface area (Å²) in [5, 5.41) is 0. The predicted molar refractivity (Wildman–Crippen MR) is 113 cm³/mol. The number of carbonyl (C=O) groups is 1. The van der Waals surface area contributed by atoms with E-state index in [9.17, 15) is 4.79 Å². The molecule has 1 aromatic heterocycles. The van der Waals surface area contributed by atoms with Crippen LogP contribution in [0, 0.1) is 5.41 Å². The first-order valence-electron chi connectivity index (χ1n) is 9.58. The molecule has 1 aliphatic rings. The third-order valence-corrected chi connectivity index (χ3v) is 6.21. The molecule has 4 nitrogen and oxygen atoms in total. The van der Waals surface area contributed by atoms with Gasteiger partial charge in [-0.05, 0) is 61.2 Å². The van der Waals surface area contributed by atoms with Gasteiger partial charge in [0.1, 0.15) is 0 Å². The zero-order chi connectivity index (χ0) is 19.2. The molecule has 1 saturated heterocycles. The molecule has 2 aromatic carbocycles. The van der Waals surface area contributed by atoms with Gasteiger partial charge in [0.05, 0.1) is 11.1 Å². The van der Waals surface area contributed by atoms with Gasteiger partial charge in [0, 0.05) is 37.0 Å². The second-order valence-electron chi connectivity index (χ2n) is 7.09. The van der Waals surface area contributed by atoms with E-state index in [2.05, 4.69) is 4.57 Å². The van der Waals surface area contributed by atoms with Crippen LogP contribution in [0.3, 0.4) is 0 Å². The minimum atomic E-state index is -0.477. The summed E-state index contributed by atoms with van der Waals surface area (Å²) in [6.07, 6.45) is 5.51. The summed E-state index contributed by atoms with van der Waals surface area (Å²) in [5.41, 5.74) is 0.425. The van der Waals surface area contributed by atoms with Crippen molar-refractivity contribution < 1.29 is 9.53 Å². The summed E-state index contributed by atoms with van der Waals surface area (Å²) >= 11 is 1.49. The topological polar surface area (TPSA) is 34.5 Å². The van der Waals surface area contributed by atoms with Crippen molar-refractivity contribution in [2.24, 2.45) is 5.41 Å².